The molecule has 0 aliphatic heterocycles. The minimum atomic E-state index is -1.56. The first-order chi connectivity index (χ1) is 6.59. The van der Waals surface area contributed by atoms with Gasteiger partial charge in [-0.05, 0) is 23.6 Å². The number of anilines is 2. The number of rotatable bonds is 1. The molecule has 0 saturated heterocycles. The molecule has 72 valence electrons. The molecule has 1 aromatic heterocycles. The van der Waals surface area contributed by atoms with Crippen molar-refractivity contribution in [2.75, 3.05) is 11.5 Å². The van der Waals surface area contributed by atoms with E-state index in [1.807, 2.05) is 6.07 Å². The molecule has 1 aromatic carbocycles. The Bertz CT molecular complexity index is 483. The number of hydrogen-bond acceptors (Lipinski definition) is 5. The van der Waals surface area contributed by atoms with Crippen molar-refractivity contribution >= 4 is 44.7 Å². The van der Waals surface area contributed by atoms with Crippen LogP contribution in [0.15, 0.2) is 18.2 Å². The fourth-order valence-electron chi connectivity index (χ4n) is 1.46. The monoisotopic (exact) mass is 208 g/mol. The van der Waals surface area contributed by atoms with E-state index in [0.717, 1.165) is 4.70 Å². The first-order valence-electron chi connectivity index (χ1n) is 4.03. The number of thiophene rings is 1. The van der Waals surface area contributed by atoms with Crippen molar-refractivity contribution in [1.82, 2.24) is 0 Å². The zero-order valence-corrected chi connectivity index (χ0v) is 8.08. The summed E-state index contributed by atoms with van der Waals surface area (Å²) in [6.45, 7) is 0. The van der Waals surface area contributed by atoms with E-state index in [1.54, 1.807) is 12.1 Å². The molecule has 2 aromatic rings. The van der Waals surface area contributed by atoms with Gasteiger partial charge in [0.1, 0.15) is 0 Å². The lowest BCUT2D eigenvalue weighted by atomic mass is 9.77. The van der Waals surface area contributed by atoms with Gasteiger partial charge in [-0.1, -0.05) is 0 Å². The van der Waals surface area contributed by atoms with Gasteiger partial charge in [-0.25, -0.2) is 0 Å². The quantitative estimate of drug-likeness (QED) is 0.384. The zero-order chi connectivity index (χ0) is 10.3. The topological polar surface area (TPSA) is 92.5 Å². The molecular formula is C8H9BN2O2S. The van der Waals surface area contributed by atoms with Gasteiger partial charge in [-0.3, -0.25) is 0 Å². The van der Waals surface area contributed by atoms with Crippen LogP contribution in [-0.4, -0.2) is 17.2 Å². The van der Waals surface area contributed by atoms with Crippen LogP contribution >= 0.6 is 11.3 Å². The van der Waals surface area contributed by atoms with E-state index in [0.29, 0.717) is 21.5 Å². The van der Waals surface area contributed by atoms with Gasteiger partial charge in [0.15, 0.2) is 0 Å². The van der Waals surface area contributed by atoms with Crippen LogP contribution in [0, 0.1) is 0 Å². The van der Waals surface area contributed by atoms with Gasteiger partial charge in [-0.15, -0.1) is 11.3 Å². The Hall–Kier alpha value is -1.24. The summed E-state index contributed by atoms with van der Waals surface area (Å²) < 4.78 is 0.903. The van der Waals surface area contributed by atoms with Gasteiger partial charge >= 0.3 is 7.12 Å². The summed E-state index contributed by atoms with van der Waals surface area (Å²) in [5, 5.41) is 19.6. The zero-order valence-electron chi connectivity index (χ0n) is 7.27. The Kier molecular flexibility index (Phi) is 2.11. The van der Waals surface area contributed by atoms with Crippen LogP contribution in [0.4, 0.5) is 10.7 Å². The van der Waals surface area contributed by atoms with E-state index in [4.69, 9.17) is 21.5 Å². The van der Waals surface area contributed by atoms with Crippen LogP contribution in [0.5, 0.6) is 0 Å². The van der Waals surface area contributed by atoms with Crippen molar-refractivity contribution in [1.29, 1.82) is 0 Å². The second-order valence-electron chi connectivity index (χ2n) is 3.00. The molecular weight excluding hydrogens is 199 g/mol. The standard InChI is InChI=1S/C8H9BN2O2S/c10-5-1-2-6-4(3-7(11)14-6)8(5)9(12)13/h1-3,12-13H,10-11H2. The van der Waals surface area contributed by atoms with E-state index in [9.17, 15) is 0 Å². The molecule has 0 bridgehead atoms. The number of nitrogen functional groups attached to an aromatic ring is 2. The fourth-order valence-corrected chi connectivity index (χ4v) is 2.30. The summed E-state index contributed by atoms with van der Waals surface area (Å²) in [6, 6.07) is 5.16. The Labute approximate surface area is 84.9 Å². The molecule has 0 aliphatic carbocycles. The first kappa shape index (κ1) is 9.33. The normalized spacial score (nSPS) is 10.7. The van der Waals surface area contributed by atoms with Gasteiger partial charge in [0, 0.05) is 15.9 Å². The predicted octanol–water partition coefficient (Wildman–Crippen LogP) is -0.255. The summed E-state index contributed by atoms with van der Waals surface area (Å²) >= 11 is 1.39. The molecule has 14 heavy (non-hydrogen) atoms. The first-order valence-corrected chi connectivity index (χ1v) is 4.85. The predicted molar refractivity (Wildman–Crippen MR) is 60.5 cm³/mol. The van der Waals surface area contributed by atoms with Crippen molar-refractivity contribution in [2.45, 2.75) is 0 Å². The van der Waals surface area contributed by atoms with Crippen molar-refractivity contribution in [2.24, 2.45) is 0 Å². The molecule has 0 saturated carbocycles. The lowest BCUT2D eigenvalue weighted by Crippen LogP contribution is -2.32. The van der Waals surface area contributed by atoms with Gasteiger partial charge in [0.05, 0.1) is 5.00 Å². The van der Waals surface area contributed by atoms with Gasteiger partial charge in [0.2, 0.25) is 0 Å². The Morgan fingerprint density at radius 3 is 2.57 bits per heavy atom. The molecule has 6 N–H and O–H groups in total. The van der Waals surface area contributed by atoms with Crippen molar-refractivity contribution in [3.8, 4) is 0 Å². The second-order valence-corrected chi connectivity index (χ2v) is 4.12. The maximum atomic E-state index is 9.15. The summed E-state index contributed by atoms with van der Waals surface area (Å²) in [5.74, 6) is 0. The fraction of sp³-hybridized carbons (Fsp3) is 0. The van der Waals surface area contributed by atoms with Crippen LogP contribution in [0.2, 0.25) is 0 Å². The molecule has 4 nitrogen and oxygen atoms in total. The van der Waals surface area contributed by atoms with Crippen molar-refractivity contribution < 1.29 is 10.0 Å². The largest absolute Gasteiger partial charge is 0.491 e. The maximum Gasteiger partial charge on any atom is 0.491 e. The highest BCUT2D eigenvalue weighted by molar-refractivity contribution is 7.22. The second kappa shape index (κ2) is 3.16. The minimum Gasteiger partial charge on any atom is -0.423 e. The third kappa shape index (κ3) is 1.33. The third-order valence-corrected chi connectivity index (χ3v) is 2.98. The average molecular weight is 208 g/mol. The SMILES string of the molecule is Nc1cc2c(B(O)O)c(N)ccc2s1. The van der Waals surface area contributed by atoms with Crippen LogP contribution in [-0.2, 0) is 0 Å². The summed E-state index contributed by atoms with van der Waals surface area (Å²) in [7, 11) is -1.56. The van der Waals surface area contributed by atoms with Crippen LogP contribution in [0.25, 0.3) is 10.1 Å². The molecule has 0 atom stereocenters. The van der Waals surface area contributed by atoms with Crippen molar-refractivity contribution in [3.05, 3.63) is 18.2 Å². The van der Waals surface area contributed by atoms with Gasteiger partial charge in [0.25, 0.3) is 0 Å². The Morgan fingerprint density at radius 1 is 1.21 bits per heavy atom. The summed E-state index contributed by atoms with van der Waals surface area (Å²) in [4.78, 5) is 0. The highest BCUT2D eigenvalue weighted by atomic mass is 32.1. The Balaban J connectivity index is 2.82. The summed E-state index contributed by atoms with van der Waals surface area (Å²) in [6.07, 6.45) is 0. The molecule has 1 heterocycles. The molecule has 2 rings (SSSR count). The maximum absolute atomic E-state index is 9.15. The molecule has 0 aliphatic rings. The van der Waals surface area contributed by atoms with E-state index < -0.39 is 7.12 Å². The lowest BCUT2D eigenvalue weighted by Gasteiger charge is -2.05. The molecule has 0 amide bonds. The minimum absolute atomic E-state index is 0.329. The number of hydrogen-bond donors (Lipinski definition) is 4. The average Bonchev–Trinajstić information content (AvgIpc) is 2.43. The number of nitrogens with two attached hydrogens (primary N) is 2. The van der Waals surface area contributed by atoms with Crippen LogP contribution < -0.4 is 16.9 Å². The Morgan fingerprint density at radius 2 is 1.93 bits per heavy atom. The molecule has 0 fully saturated rings. The number of benzene rings is 1. The highest BCUT2D eigenvalue weighted by Gasteiger charge is 2.19. The van der Waals surface area contributed by atoms with E-state index in [2.05, 4.69) is 0 Å². The lowest BCUT2D eigenvalue weighted by molar-refractivity contribution is 0.426. The molecule has 6 heteroatoms. The van der Waals surface area contributed by atoms with E-state index >= 15 is 0 Å². The van der Waals surface area contributed by atoms with E-state index in [-0.39, 0.29) is 0 Å². The van der Waals surface area contributed by atoms with E-state index in [1.165, 1.54) is 11.3 Å². The third-order valence-electron chi connectivity index (χ3n) is 2.05. The molecule has 0 radical (unpaired) electrons. The smallest absolute Gasteiger partial charge is 0.423 e. The van der Waals surface area contributed by atoms with Crippen LogP contribution in [0.1, 0.15) is 0 Å². The molecule has 0 unspecified atom stereocenters. The summed E-state index contributed by atoms with van der Waals surface area (Å²) in [5.41, 5.74) is 12.0. The van der Waals surface area contributed by atoms with Crippen molar-refractivity contribution in [3.63, 3.8) is 0 Å². The van der Waals surface area contributed by atoms with Gasteiger partial charge < -0.3 is 21.5 Å². The molecule has 0 spiro atoms. The number of fused-ring (bicyclic) bond motifs is 1. The van der Waals surface area contributed by atoms with Crippen LogP contribution in [0.3, 0.4) is 0 Å². The highest BCUT2D eigenvalue weighted by Crippen LogP contribution is 2.27. The van der Waals surface area contributed by atoms with Gasteiger partial charge in [-0.2, -0.15) is 0 Å².